The zero-order chi connectivity index (χ0) is 22.4. The summed E-state index contributed by atoms with van der Waals surface area (Å²) in [4.78, 5) is 22.9. The predicted molar refractivity (Wildman–Crippen MR) is 122 cm³/mol. The van der Waals surface area contributed by atoms with Crippen LogP contribution in [0.5, 0.6) is 17.2 Å². The van der Waals surface area contributed by atoms with Crippen LogP contribution in [0.1, 0.15) is 36.2 Å². The molecule has 0 heterocycles. The summed E-state index contributed by atoms with van der Waals surface area (Å²) >= 11 is 3.34. The Balaban J connectivity index is 1.75. The van der Waals surface area contributed by atoms with Crippen molar-refractivity contribution in [1.82, 2.24) is 0 Å². The minimum Gasteiger partial charge on any atom is -0.506 e. The molecule has 0 aliphatic heterocycles. The fourth-order valence-electron chi connectivity index (χ4n) is 3.17. The Hall–Kier alpha value is -3.12. The molecule has 5 nitrogen and oxygen atoms in total. The summed E-state index contributed by atoms with van der Waals surface area (Å²) in [5.74, 6) is 0.919. The Morgan fingerprint density at radius 2 is 1.77 bits per heavy atom. The lowest BCUT2D eigenvalue weighted by atomic mass is 10.0. The maximum absolute atomic E-state index is 12.3. The monoisotopic (exact) mass is 482 g/mol. The Labute approximate surface area is 189 Å². The third-order valence-corrected chi connectivity index (χ3v) is 5.41. The van der Waals surface area contributed by atoms with E-state index in [1.165, 1.54) is 0 Å². The molecule has 1 N–H and O–H groups in total. The molecule has 0 radical (unpaired) electrons. The van der Waals surface area contributed by atoms with E-state index in [0.29, 0.717) is 28.9 Å². The highest BCUT2D eigenvalue weighted by atomic mass is 79.9. The van der Waals surface area contributed by atoms with Crippen LogP contribution in [-0.2, 0) is 11.4 Å². The molecule has 31 heavy (non-hydrogen) atoms. The molecule has 0 aliphatic rings. The molecule has 0 bridgehead atoms. The van der Waals surface area contributed by atoms with Gasteiger partial charge in [-0.25, -0.2) is 0 Å². The van der Waals surface area contributed by atoms with Crippen molar-refractivity contribution in [3.63, 3.8) is 0 Å². The molecule has 6 heteroatoms. The van der Waals surface area contributed by atoms with Crippen LogP contribution in [0.15, 0.2) is 65.1 Å². The number of carbonyl (C=O) groups is 2. The van der Waals surface area contributed by atoms with Crippen LogP contribution in [-0.4, -0.2) is 17.4 Å². The molecule has 3 aromatic rings. The van der Waals surface area contributed by atoms with Crippen molar-refractivity contribution in [3.05, 3.63) is 76.3 Å². The maximum atomic E-state index is 12.3. The molecule has 160 valence electrons. The van der Waals surface area contributed by atoms with Gasteiger partial charge in [0.2, 0.25) is 0 Å². The molecule has 0 fully saturated rings. The number of rotatable bonds is 9. The highest BCUT2D eigenvalue weighted by Crippen LogP contribution is 2.37. The number of phenols is 1. The van der Waals surface area contributed by atoms with Crippen molar-refractivity contribution in [1.29, 1.82) is 0 Å². The topological polar surface area (TPSA) is 72.8 Å². The number of phenolic OH excluding ortho intramolecular Hbond substituents is 1. The van der Waals surface area contributed by atoms with Crippen molar-refractivity contribution in [2.45, 2.75) is 26.9 Å². The number of hydrogen-bond donors (Lipinski definition) is 1. The first-order chi connectivity index (χ1) is 14.9. The van der Waals surface area contributed by atoms with Crippen LogP contribution in [0.4, 0.5) is 0 Å². The smallest absolute Gasteiger partial charge is 0.298 e. The van der Waals surface area contributed by atoms with E-state index < -0.39 is 0 Å². The summed E-state index contributed by atoms with van der Waals surface area (Å²) in [6.07, 6.45) is 0.367. The van der Waals surface area contributed by atoms with Crippen LogP contribution < -0.4 is 9.47 Å². The number of aromatic hydroxyl groups is 1. The standard InChI is InChI=1S/C25H23BrO5/c1-16(2)11-22(28)21-9-10-23(24(26)25(21)29)30-14-17-5-3-6-18(12-17)19-7-4-8-20(13-19)31-15-27/h3-10,12-13,15-16,29H,11,14H2,1-2H3. The first-order valence-corrected chi connectivity index (χ1v) is 10.7. The summed E-state index contributed by atoms with van der Waals surface area (Å²) in [5.41, 5.74) is 3.07. The molecule has 0 spiro atoms. The summed E-state index contributed by atoms with van der Waals surface area (Å²) in [6, 6.07) is 18.3. The molecule has 0 unspecified atom stereocenters. The zero-order valence-electron chi connectivity index (χ0n) is 17.3. The number of halogens is 1. The van der Waals surface area contributed by atoms with Gasteiger partial charge in [0.1, 0.15) is 28.3 Å². The van der Waals surface area contributed by atoms with E-state index in [0.717, 1.165) is 16.7 Å². The van der Waals surface area contributed by atoms with Gasteiger partial charge >= 0.3 is 0 Å². The quantitative estimate of drug-likeness (QED) is 0.291. The third-order valence-electron chi connectivity index (χ3n) is 4.65. The molecule has 0 amide bonds. The molecule has 0 atom stereocenters. The first-order valence-electron chi connectivity index (χ1n) is 9.86. The van der Waals surface area contributed by atoms with Crippen molar-refractivity contribution in [2.24, 2.45) is 5.92 Å². The lowest BCUT2D eigenvalue weighted by Crippen LogP contribution is -2.05. The van der Waals surface area contributed by atoms with Crippen LogP contribution in [0.2, 0.25) is 0 Å². The minimum atomic E-state index is -0.108. The van der Waals surface area contributed by atoms with Gasteiger partial charge in [0, 0.05) is 6.42 Å². The van der Waals surface area contributed by atoms with E-state index in [4.69, 9.17) is 9.47 Å². The molecule has 0 aliphatic carbocycles. The Bertz CT molecular complexity index is 1090. The van der Waals surface area contributed by atoms with Gasteiger partial charge in [0.25, 0.3) is 6.47 Å². The van der Waals surface area contributed by atoms with Gasteiger partial charge < -0.3 is 14.6 Å². The van der Waals surface area contributed by atoms with E-state index in [1.54, 1.807) is 24.3 Å². The predicted octanol–water partition coefficient (Wildman–Crippen LogP) is 6.16. The number of ether oxygens (including phenoxy) is 2. The van der Waals surface area contributed by atoms with Gasteiger partial charge in [-0.05, 0) is 68.9 Å². The molecule has 0 aromatic heterocycles. The highest BCUT2D eigenvalue weighted by molar-refractivity contribution is 9.10. The first kappa shape index (κ1) is 22.6. The molecular weight excluding hydrogens is 460 g/mol. The second-order valence-electron chi connectivity index (χ2n) is 7.53. The minimum absolute atomic E-state index is 0.103. The number of hydrogen-bond acceptors (Lipinski definition) is 5. The molecule has 3 aromatic carbocycles. The van der Waals surface area contributed by atoms with Crippen molar-refractivity contribution < 1.29 is 24.2 Å². The largest absolute Gasteiger partial charge is 0.506 e. The summed E-state index contributed by atoms with van der Waals surface area (Å²) in [7, 11) is 0. The normalized spacial score (nSPS) is 10.7. The lowest BCUT2D eigenvalue weighted by molar-refractivity contribution is -0.120. The van der Waals surface area contributed by atoms with Crippen LogP contribution in [0.25, 0.3) is 11.1 Å². The summed E-state index contributed by atoms with van der Waals surface area (Å²) in [6.45, 7) is 4.59. The number of benzene rings is 3. The van der Waals surface area contributed by atoms with Gasteiger partial charge in [-0.2, -0.15) is 0 Å². The van der Waals surface area contributed by atoms with Gasteiger partial charge in [0.05, 0.1) is 5.56 Å². The summed E-state index contributed by atoms with van der Waals surface area (Å²) in [5, 5.41) is 10.4. The van der Waals surface area contributed by atoms with E-state index in [1.807, 2.05) is 50.2 Å². The van der Waals surface area contributed by atoms with Crippen molar-refractivity contribution >= 4 is 28.2 Å². The van der Waals surface area contributed by atoms with Crippen LogP contribution >= 0.6 is 15.9 Å². The van der Waals surface area contributed by atoms with Gasteiger partial charge in [-0.15, -0.1) is 0 Å². The molecular formula is C25H23BrO5. The van der Waals surface area contributed by atoms with Gasteiger partial charge in [-0.1, -0.05) is 44.2 Å². The number of ketones is 1. The number of carbonyl (C=O) groups excluding carboxylic acids is 2. The van der Waals surface area contributed by atoms with E-state index >= 15 is 0 Å². The fraction of sp³-hybridized carbons (Fsp3) is 0.200. The van der Waals surface area contributed by atoms with E-state index in [-0.39, 0.29) is 29.6 Å². The third kappa shape index (κ3) is 5.73. The average molecular weight is 483 g/mol. The van der Waals surface area contributed by atoms with E-state index in [9.17, 15) is 14.7 Å². The van der Waals surface area contributed by atoms with Crippen LogP contribution in [0, 0.1) is 5.92 Å². The fourth-order valence-corrected chi connectivity index (χ4v) is 3.63. The average Bonchev–Trinajstić information content (AvgIpc) is 2.75. The number of Topliss-reactive ketones (excluding diaryl/α,β-unsaturated/α-hetero) is 1. The SMILES string of the molecule is CC(C)CC(=O)c1ccc(OCc2cccc(-c3cccc(OC=O)c3)c2)c(Br)c1O. The van der Waals surface area contributed by atoms with Crippen molar-refractivity contribution in [2.75, 3.05) is 0 Å². The Morgan fingerprint density at radius 1 is 1.06 bits per heavy atom. The lowest BCUT2D eigenvalue weighted by Gasteiger charge is -2.13. The maximum Gasteiger partial charge on any atom is 0.298 e. The summed E-state index contributed by atoms with van der Waals surface area (Å²) < 4.78 is 11.2. The molecule has 3 rings (SSSR count). The second-order valence-corrected chi connectivity index (χ2v) is 8.32. The van der Waals surface area contributed by atoms with Crippen molar-refractivity contribution in [3.8, 4) is 28.4 Å². The Morgan fingerprint density at radius 3 is 2.48 bits per heavy atom. The van der Waals surface area contributed by atoms with E-state index in [2.05, 4.69) is 15.9 Å². The molecule has 0 saturated heterocycles. The molecule has 0 saturated carbocycles. The highest BCUT2D eigenvalue weighted by Gasteiger charge is 2.18. The Kier molecular flexibility index (Phi) is 7.47. The second kappa shape index (κ2) is 10.3. The van der Waals surface area contributed by atoms with Gasteiger partial charge in [0.15, 0.2) is 5.78 Å². The van der Waals surface area contributed by atoms with Gasteiger partial charge in [-0.3, -0.25) is 9.59 Å². The zero-order valence-corrected chi connectivity index (χ0v) is 18.9. The van der Waals surface area contributed by atoms with Crippen LogP contribution in [0.3, 0.4) is 0 Å².